The van der Waals surface area contributed by atoms with Gasteiger partial charge in [-0.05, 0) is 49.7 Å². The van der Waals surface area contributed by atoms with Crippen molar-refractivity contribution in [3.63, 3.8) is 0 Å². The molecule has 0 aliphatic carbocycles. The fourth-order valence-corrected chi connectivity index (χ4v) is 3.25. The van der Waals surface area contributed by atoms with Crippen LogP contribution < -0.4 is 10.1 Å². The largest absolute Gasteiger partial charge is 0.489 e. The first kappa shape index (κ1) is 17.1. The number of aromatic nitrogens is 2. The van der Waals surface area contributed by atoms with Crippen molar-refractivity contribution in [2.75, 3.05) is 13.1 Å². The second-order valence-corrected chi connectivity index (χ2v) is 6.82. The molecule has 5 nitrogen and oxygen atoms in total. The van der Waals surface area contributed by atoms with Crippen LogP contribution in [0.15, 0.2) is 53.1 Å². The van der Waals surface area contributed by atoms with Crippen LogP contribution in [-0.4, -0.2) is 29.3 Å². The number of hydrogen-bond donors (Lipinski definition) is 1. The van der Waals surface area contributed by atoms with Crippen LogP contribution in [0.1, 0.15) is 24.2 Å². The van der Waals surface area contributed by atoms with Gasteiger partial charge in [0.2, 0.25) is 0 Å². The lowest BCUT2D eigenvalue weighted by atomic mass is 10.1. The first-order valence-corrected chi connectivity index (χ1v) is 9.19. The summed E-state index contributed by atoms with van der Waals surface area (Å²) in [7, 11) is 0. The van der Waals surface area contributed by atoms with Crippen LogP contribution in [0.3, 0.4) is 0 Å². The summed E-state index contributed by atoms with van der Waals surface area (Å²) in [6.07, 6.45) is 2.76. The molecule has 0 amide bonds. The van der Waals surface area contributed by atoms with Gasteiger partial charge in [0.1, 0.15) is 11.9 Å². The number of ether oxygens (including phenoxy) is 1. The van der Waals surface area contributed by atoms with E-state index in [1.54, 1.807) is 0 Å². The fourth-order valence-electron chi connectivity index (χ4n) is 3.08. The van der Waals surface area contributed by atoms with E-state index in [1.165, 1.54) is 0 Å². The molecular formula is C20H20ClN3O2. The van der Waals surface area contributed by atoms with Gasteiger partial charge in [-0.1, -0.05) is 47.1 Å². The Morgan fingerprint density at radius 3 is 2.73 bits per heavy atom. The lowest BCUT2D eigenvalue weighted by Crippen LogP contribution is -2.34. The van der Waals surface area contributed by atoms with Crippen molar-refractivity contribution in [1.29, 1.82) is 0 Å². The molecule has 0 radical (unpaired) electrons. The highest BCUT2D eigenvalue weighted by Crippen LogP contribution is 2.33. The standard InChI is InChI=1S/C20H20ClN3O2/c21-15-6-7-18(25-16-8-10-22-11-9-16)17(13-15)20-23-19(24-26-20)12-14-4-2-1-3-5-14/h1-7,13,16,22H,8-12H2. The van der Waals surface area contributed by atoms with E-state index in [0.29, 0.717) is 23.2 Å². The monoisotopic (exact) mass is 369 g/mol. The number of nitrogens with one attached hydrogen (secondary N) is 1. The molecule has 1 aromatic heterocycles. The smallest absolute Gasteiger partial charge is 0.261 e. The van der Waals surface area contributed by atoms with E-state index < -0.39 is 0 Å². The molecule has 0 bridgehead atoms. The zero-order valence-electron chi connectivity index (χ0n) is 14.3. The predicted octanol–water partition coefficient (Wildman–Crippen LogP) is 4.11. The van der Waals surface area contributed by atoms with Crippen molar-refractivity contribution < 1.29 is 9.26 Å². The van der Waals surface area contributed by atoms with Crippen molar-refractivity contribution in [3.05, 3.63) is 64.9 Å². The fraction of sp³-hybridized carbons (Fsp3) is 0.300. The SMILES string of the molecule is Clc1ccc(OC2CCNCC2)c(-c2nc(Cc3ccccc3)no2)c1. The van der Waals surface area contributed by atoms with Crippen LogP contribution in [0.5, 0.6) is 5.75 Å². The molecular weight excluding hydrogens is 350 g/mol. The van der Waals surface area contributed by atoms with E-state index in [2.05, 4.69) is 15.5 Å². The Bertz CT molecular complexity index is 861. The van der Waals surface area contributed by atoms with Gasteiger partial charge in [0, 0.05) is 11.4 Å². The summed E-state index contributed by atoms with van der Waals surface area (Å²) >= 11 is 6.19. The van der Waals surface area contributed by atoms with Gasteiger partial charge in [0.25, 0.3) is 5.89 Å². The Morgan fingerprint density at radius 1 is 1.12 bits per heavy atom. The number of benzene rings is 2. The average molecular weight is 370 g/mol. The highest BCUT2D eigenvalue weighted by molar-refractivity contribution is 6.30. The van der Waals surface area contributed by atoms with Gasteiger partial charge in [-0.2, -0.15) is 4.98 Å². The lowest BCUT2D eigenvalue weighted by Gasteiger charge is -2.24. The summed E-state index contributed by atoms with van der Waals surface area (Å²) in [4.78, 5) is 4.54. The molecule has 0 unspecified atom stereocenters. The molecule has 1 fully saturated rings. The molecule has 1 N–H and O–H groups in total. The second kappa shape index (κ2) is 7.89. The summed E-state index contributed by atoms with van der Waals surface area (Å²) in [6, 6.07) is 15.6. The van der Waals surface area contributed by atoms with E-state index in [-0.39, 0.29) is 6.10 Å². The summed E-state index contributed by atoms with van der Waals surface area (Å²) in [5.74, 6) is 1.80. The molecule has 2 heterocycles. The second-order valence-electron chi connectivity index (χ2n) is 6.39. The van der Waals surface area contributed by atoms with Crippen molar-refractivity contribution >= 4 is 11.6 Å². The van der Waals surface area contributed by atoms with Crippen LogP contribution in [0.25, 0.3) is 11.5 Å². The molecule has 134 valence electrons. The molecule has 3 aromatic rings. The van der Waals surface area contributed by atoms with E-state index in [0.717, 1.165) is 42.8 Å². The van der Waals surface area contributed by atoms with Crippen LogP contribution in [0.4, 0.5) is 0 Å². The van der Waals surface area contributed by atoms with Gasteiger partial charge < -0.3 is 14.6 Å². The van der Waals surface area contributed by atoms with Crippen molar-refractivity contribution in [2.24, 2.45) is 0 Å². The molecule has 0 atom stereocenters. The summed E-state index contributed by atoms with van der Waals surface area (Å²) in [6.45, 7) is 1.94. The summed E-state index contributed by atoms with van der Waals surface area (Å²) < 4.78 is 11.7. The Hall–Kier alpha value is -2.37. The molecule has 26 heavy (non-hydrogen) atoms. The van der Waals surface area contributed by atoms with Crippen LogP contribution in [0, 0.1) is 0 Å². The van der Waals surface area contributed by atoms with E-state index in [4.69, 9.17) is 20.9 Å². The van der Waals surface area contributed by atoms with Crippen LogP contribution >= 0.6 is 11.6 Å². The van der Waals surface area contributed by atoms with E-state index in [9.17, 15) is 0 Å². The highest BCUT2D eigenvalue weighted by Gasteiger charge is 2.20. The third-order valence-electron chi connectivity index (χ3n) is 4.42. The third kappa shape index (κ3) is 4.06. The molecule has 1 aliphatic rings. The van der Waals surface area contributed by atoms with Crippen molar-refractivity contribution in [3.8, 4) is 17.2 Å². The van der Waals surface area contributed by atoms with Crippen molar-refractivity contribution in [2.45, 2.75) is 25.4 Å². The Labute approximate surface area is 157 Å². The first-order chi connectivity index (χ1) is 12.8. The molecule has 1 aliphatic heterocycles. The molecule has 6 heteroatoms. The predicted molar refractivity (Wildman–Crippen MR) is 101 cm³/mol. The maximum Gasteiger partial charge on any atom is 0.261 e. The molecule has 0 spiro atoms. The Kier molecular flexibility index (Phi) is 5.18. The Balaban J connectivity index is 1.57. The number of rotatable bonds is 5. The molecule has 4 rings (SSSR count). The van der Waals surface area contributed by atoms with Gasteiger partial charge in [0.15, 0.2) is 5.82 Å². The zero-order valence-corrected chi connectivity index (χ0v) is 15.1. The van der Waals surface area contributed by atoms with Gasteiger partial charge >= 0.3 is 0 Å². The minimum Gasteiger partial charge on any atom is -0.489 e. The van der Waals surface area contributed by atoms with Gasteiger partial charge in [-0.3, -0.25) is 0 Å². The number of piperidine rings is 1. The maximum atomic E-state index is 6.20. The highest BCUT2D eigenvalue weighted by atomic mass is 35.5. The molecule has 2 aromatic carbocycles. The normalized spacial score (nSPS) is 15.1. The van der Waals surface area contributed by atoms with Gasteiger partial charge in [-0.15, -0.1) is 0 Å². The topological polar surface area (TPSA) is 60.2 Å². The lowest BCUT2D eigenvalue weighted by molar-refractivity contribution is 0.163. The first-order valence-electron chi connectivity index (χ1n) is 8.82. The quantitative estimate of drug-likeness (QED) is 0.733. The number of nitrogens with zero attached hydrogens (tertiary/aromatic N) is 2. The molecule has 0 saturated carbocycles. The van der Waals surface area contributed by atoms with E-state index in [1.807, 2.05) is 48.5 Å². The number of hydrogen-bond acceptors (Lipinski definition) is 5. The maximum absolute atomic E-state index is 6.20. The average Bonchev–Trinajstić information content (AvgIpc) is 3.13. The minimum absolute atomic E-state index is 0.183. The number of halogens is 1. The van der Waals surface area contributed by atoms with Gasteiger partial charge in [0.05, 0.1) is 5.56 Å². The van der Waals surface area contributed by atoms with Crippen LogP contribution in [0.2, 0.25) is 5.02 Å². The zero-order chi connectivity index (χ0) is 17.8. The summed E-state index contributed by atoms with van der Waals surface area (Å²) in [5, 5.41) is 8.06. The minimum atomic E-state index is 0.183. The Morgan fingerprint density at radius 2 is 1.92 bits per heavy atom. The molecule has 1 saturated heterocycles. The van der Waals surface area contributed by atoms with E-state index >= 15 is 0 Å². The van der Waals surface area contributed by atoms with Gasteiger partial charge in [-0.25, -0.2) is 0 Å². The van der Waals surface area contributed by atoms with Crippen molar-refractivity contribution in [1.82, 2.24) is 15.5 Å². The summed E-state index contributed by atoms with van der Waals surface area (Å²) in [5.41, 5.74) is 1.87. The van der Waals surface area contributed by atoms with Crippen LogP contribution in [-0.2, 0) is 6.42 Å². The third-order valence-corrected chi connectivity index (χ3v) is 4.66.